The smallest absolute Gasteiger partial charge is 0.331 e. The van der Waals surface area contributed by atoms with Gasteiger partial charge in [-0.3, -0.25) is 28.9 Å². The normalized spacial score (nSPS) is 21.3. The van der Waals surface area contributed by atoms with Crippen LogP contribution in [0.5, 0.6) is 5.75 Å². The van der Waals surface area contributed by atoms with Gasteiger partial charge < -0.3 is 25.4 Å². The van der Waals surface area contributed by atoms with Crippen LogP contribution in [0.25, 0.3) is 0 Å². The average molecular weight is 819 g/mol. The maximum absolute atomic E-state index is 14.1. The molecule has 2 fully saturated rings. The largest absolute Gasteiger partial charge is 0.493 e. The Hall–Kier alpha value is -3.36. The number of carboxylic acid groups (broad SMARTS) is 1. The molecule has 14 heteroatoms. The van der Waals surface area contributed by atoms with Crippen LogP contribution in [-0.4, -0.2) is 107 Å². The minimum absolute atomic E-state index is 0.0230. The van der Waals surface area contributed by atoms with Crippen molar-refractivity contribution in [3.8, 4) is 5.75 Å². The first-order chi connectivity index (χ1) is 26.6. The SMILES string of the molecule is [3H]CC(=O)C1CCC(CN2C(=O)CC(SSCCOc3cccc(C(C)(C)[C@H](NC)C(=O)N[C@H](C(=O)N(C)[C@H](/C=C(\C)C(=O)O)C(C)C)C(C)(C)C)c3)C2=O)CC1. The summed E-state index contributed by atoms with van der Waals surface area (Å²) in [7, 11) is 6.21. The molecule has 0 aromatic heterocycles. The Balaban J connectivity index is 1.58. The summed E-state index contributed by atoms with van der Waals surface area (Å²) in [6.45, 7) is 15.4. The lowest BCUT2D eigenvalue weighted by molar-refractivity contribution is -0.141. The quantitative estimate of drug-likeness (QED) is 0.0662. The Bertz CT molecular complexity index is 1640. The zero-order valence-electron chi connectivity index (χ0n) is 35.8. The number of Topliss-reactive ketones (excluding diaryl/α,β-unsaturated/α-hetero) is 1. The fourth-order valence-electron chi connectivity index (χ4n) is 7.45. The van der Waals surface area contributed by atoms with Crippen LogP contribution >= 0.6 is 21.6 Å². The number of hydrogen-bond acceptors (Lipinski definition) is 10. The molecule has 1 saturated heterocycles. The number of rotatable bonds is 19. The number of carboxylic acids is 1. The highest BCUT2D eigenvalue weighted by atomic mass is 33.1. The summed E-state index contributed by atoms with van der Waals surface area (Å²) in [4.78, 5) is 80.3. The number of carbonyl (C=O) groups is 6. The number of hydrogen-bond donors (Lipinski definition) is 3. The van der Waals surface area contributed by atoms with Crippen molar-refractivity contribution in [1.29, 1.82) is 0 Å². The Morgan fingerprint density at radius 3 is 2.32 bits per heavy atom. The summed E-state index contributed by atoms with van der Waals surface area (Å²) in [5, 5.41) is 15.2. The van der Waals surface area contributed by atoms with Gasteiger partial charge in [0.2, 0.25) is 23.6 Å². The Kier molecular flexibility index (Phi) is 16.5. The van der Waals surface area contributed by atoms with Gasteiger partial charge in [0, 0.05) is 44.0 Å². The van der Waals surface area contributed by atoms with Crippen molar-refractivity contribution < 1.29 is 40.0 Å². The highest BCUT2D eigenvalue weighted by Crippen LogP contribution is 2.37. The molecule has 1 aliphatic carbocycles. The molecule has 0 radical (unpaired) electrons. The zero-order chi connectivity index (χ0) is 42.8. The zero-order valence-corrected chi connectivity index (χ0v) is 36.4. The third-order valence-electron chi connectivity index (χ3n) is 11.1. The molecule has 1 aromatic carbocycles. The molecule has 0 bridgehead atoms. The molecule has 1 heterocycles. The van der Waals surface area contributed by atoms with E-state index in [1.54, 1.807) is 20.2 Å². The number of ether oxygens (including phenoxy) is 1. The first kappa shape index (κ1) is 45.3. The minimum atomic E-state index is -1.06. The van der Waals surface area contributed by atoms with Gasteiger partial charge in [-0.2, -0.15) is 0 Å². The van der Waals surface area contributed by atoms with E-state index in [0.29, 0.717) is 37.5 Å². The molecule has 2 aliphatic rings. The van der Waals surface area contributed by atoms with Gasteiger partial charge in [-0.05, 0) is 81.5 Å². The molecule has 3 N–H and O–H groups in total. The van der Waals surface area contributed by atoms with Crippen LogP contribution < -0.4 is 15.4 Å². The van der Waals surface area contributed by atoms with E-state index in [1.807, 2.05) is 72.7 Å². The van der Waals surface area contributed by atoms with E-state index in [9.17, 15) is 33.9 Å². The molecule has 1 saturated carbocycles. The monoisotopic (exact) mass is 818 g/mol. The second kappa shape index (κ2) is 20.4. The van der Waals surface area contributed by atoms with Crippen LogP contribution in [0.3, 0.4) is 0 Å². The Morgan fingerprint density at radius 1 is 1.09 bits per heavy atom. The lowest BCUT2D eigenvalue weighted by Gasteiger charge is -2.40. The number of aliphatic carboxylic acids is 1. The van der Waals surface area contributed by atoms with Crippen LogP contribution in [0.4, 0.5) is 0 Å². The topological polar surface area (TPSA) is 162 Å². The standard InChI is InChI=1S/C42H64N4O8S2/c1-25(2)32(21-26(3)40(52)53)45(11)39(51)36(41(5,6)7)44-37(49)35(43-10)42(8,9)30-13-12-14-31(22-30)54-19-20-55-56-33-23-34(48)46(38(33)50)24-28-15-17-29(18-16-28)27(4)47/h12-14,21-22,25,28-29,32-33,35-36,43H,15-20,23-24H2,1-11H3,(H,44,49)(H,52,53)/b26-21+/t28?,29?,32-,33?,35-,36-/m1/s1/i4T. The van der Waals surface area contributed by atoms with Crippen LogP contribution in [0.1, 0.15) is 101 Å². The molecule has 0 spiro atoms. The summed E-state index contributed by atoms with van der Waals surface area (Å²) in [5.74, 6) is -0.826. The van der Waals surface area contributed by atoms with Crippen molar-refractivity contribution in [2.24, 2.45) is 23.2 Å². The van der Waals surface area contributed by atoms with Crippen LogP contribution in [0.15, 0.2) is 35.9 Å². The van der Waals surface area contributed by atoms with Crippen molar-refractivity contribution >= 4 is 57.0 Å². The van der Waals surface area contributed by atoms with Crippen LogP contribution in [-0.2, 0) is 34.2 Å². The van der Waals surface area contributed by atoms with Crippen molar-refractivity contribution in [1.82, 2.24) is 20.4 Å². The first-order valence-electron chi connectivity index (χ1n) is 20.2. The molecule has 312 valence electrons. The molecule has 1 aliphatic heterocycles. The van der Waals surface area contributed by atoms with Crippen molar-refractivity contribution in [3.05, 3.63) is 41.5 Å². The molecule has 1 aromatic rings. The summed E-state index contributed by atoms with van der Waals surface area (Å²) in [6, 6.07) is 5.40. The van der Waals surface area contributed by atoms with Gasteiger partial charge in [0.15, 0.2) is 0 Å². The van der Waals surface area contributed by atoms with Gasteiger partial charge in [-0.15, -0.1) is 0 Å². The Morgan fingerprint density at radius 2 is 1.75 bits per heavy atom. The first-order valence-corrected chi connectivity index (χ1v) is 21.9. The fraction of sp³-hybridized carbons (Fsp3) is 0.667. The van der Waals surface area contributed by atoms with E-state index in [0.717, 1.165) is 18.4 Å². The molecule has 56 heavy (non-hydrogen) atoms. The third-order valence-corrected chi connectivity index (χ3v) is 13.7. The number of ketones is 1. The predicted molar refractivity (Wildman–Crippen MR) is 223 cm³/mol. The van der Waals surface area contributed by atoms with E-state index >= 15 is 0 Å². The summed E-state index contributed by atoms with van der Waals surface area (Å²) in [5.41, 5.74) is -0.430. The average Bonchev–Trinajstić information content (AvgIpc) is 3.42. The summed E-state index contributed by atoms with van der Waals surface area (Å²) < 4.78 is 13.4. The van der Waals surface area contributed by atoms with Crippen molar-refractivity contribution in [3.63, 3.8) is 0 Å². The van der Waals surface area contributed by atoms with Gasteiger partial charge in [0.25, 0.3) is 0 Å². The number of benzene rings is 1. The van der Waals surface area contributed by atoms with Gasteiger partial charge in [-0.1, -0.05) is 88.3 Å². The number of amides is 4. The number of imide groups is 1. The number of carbonyl (C=O) groups excluding carboxylic acids is 5. The molecule has 4 amide bonds. The number of nitrogens with one attached hydrogen (secondary N) is 2. The maximum Gasteiger partial charge on any atom is 0.331 e. The second-order valence-electron chi connectivity index (χ2n) is 17.1. The van der Waals surface area contributed by atoms with E-state index in [1.165, 1.54) is 38.3 Å². The van der Waals surface area contributed by atoms with Crippen LogP contribution in [0.2, 0.25) is 0 Å². The third kappa shape index (κ3) is 12.3. The highest BCUT2D eigenvalue weighted by molar-refractivity contribution is 8.77. The fourth-order valence-corrected chi connectivity index (χ4v) is 9.71. The predicted octanol–water partition coefficient (Wildman–Crippen LogP) is 5.88. The minimum Gasteiger partial charge on any atom is -0.493 e. The second-order valence-corrected chi connectivity index (χ2v) is 19.8. The lowest BCUT2D eigenvalue weighted by atomic mass is 9.76. The highest BCUT2D eigenvalue weighted by Gasteiger charge is 2.43. The number of nitrogens with zero attached hydrogens (tertiary/aromatic N) is 2. The van der Waals surface area contributed by atoms with E-state index < -0.39 is 40.2 Å². The van der Waals surface area contributed by atoms with Gasteiger partial charge >= 0.3 is 5.97 Å². The molecule has 1 unspecified atom stereocenters. The van der Waals surface area contributed by atoms with Gasteiger partial charge in [-0.25, -0.2) is 4.79 Å². The van der Waals surface area contributed by atoms with Gasteiger partial charge in [0.1, 0.15) is 22.8 Å². The van der Waals surface area contributed by atoms with E-state index in [4.69, 9.17) is 6.11 Å². The maximum atomic E-state index is 14.1. The number of likely N-dealkylation sites (tertiary alicyclic amines) is 1. The summed E-state index contributed by atoms with van der Waals surface area (Å²) >= 11 is 0. The van der Waals surface area contributed by atoms with Crippen molar-refractivity contribution in [2.45, 2.75) is 123 Å². The molecule has 3 rings (SSSR count). The number of likely N-dealkylation sites (N-methyl/N-ethyl adjacent to an activating group) is 2. The van der Waals surface area contributed by atoms with Gasteiger partial charge in [0.05, 0.1) is 18.7 Å². The summed E-state index contributed by atoms with van der Waals surface area (Å²) in [6.07, 6.45) is 4.75. The molecule has 12 nitrogen and oxygen atoms in total. The van der Waals surface area contributed by atoms with E-state index in [-0.39, 0.29) is 66.1 Å². The lowest BCUT2D eigenvalue weighted by Crippen LogP contribution is -2.61. The Labute approximate surface area is 342 Å². The van der Waals surface area contributed by atoms with Crippen LogP contribution in [0, 0.1) is 23.2 Å². The molecular weight excluding hydrogens is 753 g/mol. The molecule has 4 atom stereocenters. The van der Waals surface area contributed by atoms with E-state index in [2.05, 4.69) is 10.6 Å². The van der Waals surface area contributed by atoms with Crippen molar-refractivity contribution in [2.75, 3.05) is 33.0 Å². The molecular formula is C42H64N4O8S2.